The molecule has 0 aromatic rings. The standard InChI is InChI=1S/C14H26N2O2/c1-13(2,3)15-10-14(18)6-8-16(9-7-14)12(17)11-4-5-11/h11,15,18H,4-10H2,1-3H3. The minimum atomic E-state index is -0.645. The summed E-state index contributed by atoms with van der Waals surface area (Å²) in [6, 6.07) is 0. The molecule has 2 rings (SSSR count). The molecule has 4 nitrogen and oxygen atoms in total. The Balaban J connectivity index is 1.79. The van der Waals surface area contributed by atoms with E-state index in [1.54, 1.807) is 0 Å². The first kappa shape index (κ1) is 13.8. The van der Waals surface area contributed by atoms with Crippen LogP contribution in [0.15, 0.2) is 0 Å². The van der Waals surface area contributed by atoms with E-state index in [1.165, 1.54) is 0 Å². The highest BCUT2D eigenvalue weighted by Gasteiger charge is 2.39. The molecule has 18 heavy (non-hydrogen) atoms. The zero-order valence-electron chi connectivity index (χ0n) is 11.8. The molecule has 1 heterocycles. The number of rotatable bonds is 3. The second-order valence-corrected chi connectivity index (χ2v) is 6.93. The highest BCUT2D eigenvalue weighted by molar-refractivity contribution is 5.81. The first-order valence-corrected chi connectivity index (χ1v) is 7.05. The molecule has 1 saturated heterocycles. The molecule has 1 aliphatic heterocycles. The van der Waals surface area contributed by atoms with E-state index in [0.29, 0.717) is 44.3 Å². The Morgan fingerprint density at radius 1 is 1.33 bits per heavy atom. The number of likely N-dealkylation sites (tertiary alicyclic amines) is 1. The number of carbonyl (C=O) groups excluding carboxylic acids is 1. The fourth-order valence-corrected chi connectivity index (χ4v) is 2.34. The third-order valence-corrected chi connectivity index (χ3v) is 3.88. The lowest BCUT2D eigenvalue weighted by Gasteiger charge is -2.40. The van der Waals surface area contributed by atoms with Gasteiger partial charge in [0, 0.05) is 31.1 Å². The molecule has 0 bridgehead atoms. The van der Waals surface area contributed by atoms with Crippen LogP contribution in [0.4, 0.5) is 0 Å². The van der Waals surface area contributed by atoms with Crippen LogP contribution in [0.1, 0.15) is 46.5 Å². The SMILES string of the molecule is CC(C)(C)NCC1(O)CCN(C(=O)C2CC2)CC1. The summed E-state index contributed by atoms with van der Waals surface area (Å²) in [7, 11) is 0. The number of piperidine rings is 1. The van der Waals surface area contributed by atoms with Crippen LogP contribution in [-0.2, 0) is 4.79 Å². The van der Waals surface area contributed by atoms with Crippen LogP contribution >= 0.6 is 0 Å². The molecule has 0 aromatic heterocycles. The van der Waals surface area contributed by atoms with Crippen molar-refractivity contribution in [3.63, 3.8) is 0 Å². The third-order valence-electron chi connectivity index (χ3n) is 3.88. The second-order valence-electron chi connectivity index (χ2n) is 6.93. The minimum Gasteiger partial charge on any atom is -0.388 e. The molecule has 1 aliphatic carbocycles. The zero-order chi connectivity index (χ0) is 13.4. The number of nitrogens with zero attached hydrogens (tertiary/aromatic N) is 1. The summed E-state index contributed by atoms with van der Waals surface area (Å²) in [5.74, 6) is 0.602. The summed E-state index contributed by atoms with van der Waals surface area (Å²) in [6.07, 6.45) is 3.50. The Morgan fingerprint density at radius 3 is 2.33 bits per heavy atom. The molecule has 0 unspecified atom stereocenters. The first-order chi connectivity index (χ1) is 8.29. The molecule has 2 fully saturated rings. The van der Waals surface area contributed by atoms with Crippen molar-refractivity contribution in [2.24, 2.45) is 5.92 Å². The topological polar surface area (TPSA) is 52.6 Å². The maximum absolute atomic E-state index is 11.9. The average molecular weight is 254 g/mol. The third kappa shape index (κ3) is 3.69. The summed E-state index contributed by atoms with van der Waals surface area (Å²) in [5.41, 5.74) is -0.621. The van der Waals surface area contributed by atoms with Gasteiger partial charge >= 0.3 is 0 Å². The van der Waals surface area contributed by atoms with Crippen LogP contribution in [-0.4, -0.2) is 46.7 Å². The number of amides is 1. The molecule has 0 atom stereocenters. The van der Waals surface area contributed by atoms with Gasteiger partial charge in [-0.25, -0.2) is 0 Å². The van der Waals surface area contributed by atoms with Gasteiger partial charge in [-0.05, 0) is 46.5 Å². The van der Waals surface area contributed by atoms with Gasteiger partial charge in [0.1, 0.15) is 0 Å². The lowest BCUT2D eigenvalue weighted by atomic mass is 9.90. The number of hydrogen-bond donors (Lipinski definition) is 2. The van der Waals surface area contributed by atoms with Crippen molar-refractivity contribution in [3.8, 4) is 0 Å². The lowest BCUT2D eigenvalue weighted by Crippen LogP contribution is -2.54. The monoisotopic (exact) mass is 254 g/mol. The maximum Gasteiger partial charge on any atom is 0.225 e. The summed E-state index contributed by atoms with van der Waals surface area (Å²) in [4.78, 5) is 13.9. The maximum atomic E-state index is 11.9. The van der Waals surface area contributed by atoms with Crippen LogP contribution < -0.4 is 5.32 Å². The number of carbonyl (C=O) groups is 1. The highest BCUT2D eigenvalue weighted by Crippen LogP contribution is 2.33. The predicted molar refractivity (Wildman–Crippen MR) is 71.2 cm³/mol. The van der Waals surface area contributed by atoms with Gasteiger partial charge in [0.05, 0.1) is 5.60 Å². The molecule has 2 aliphatic rings. The molecule has 0 radical (unpaired) electrons. The molecule has 4 heteroatoms. The first-order valence-electron chi connectivity index (χ1n) is 7.05. The van der Waals surface area contributed by atoms with E-state index in [0.717, 1.165) is 12.8 Å². The van der Waals surface area contributed by atoms with Crippen molar-refractivity contribution in [2.75, 3.05) is 19.6 Å². The molecule has 0 spiro atoms. The van der Waals surface area contributed by atoms with E-state index >= 15 is 0 Å². The van der Waals surface area contributed by atoms with Crippen molar-refractivity contribution in [3.05, 3.63) is 0 Å². The normalized spacial score (nSPS) is 24.1. The molecule has 0 aromatic carbocycles. The van der Waals surface area contributed by atoms with E-state index in [-0.39, 0.29) is 5.54 Å². The van der Waals surface area contributed by atoms with Gasteiger partial charge in [0.25, 0.3) is 0 Å². The van der Waals surface area contributed by atoms with Gasteiger partial charge in [-0.3, -0.25) is 4.79 Å². The van der Waals surface area contributed by atoms with Gasteiger partial charge in [-0.1, -0.05) is 0 Å². The van der Waals surface area contributed by atoms with E-state index in [1.807, 2.05) is 4.90 Å². The van der Waals surface area contributed by atoms with E-state index < -0.39 is 5.60 Å². The molecular weight excluding hydrogens is 228 g/mol. The Hall–Kier alpha value is -0.610. The molecule has 1 saturated carbocycles. The minimum absolute atomic E-state index is 0.0245. The van der Waals surface area contributed by atoms with Crippen LogP contribution in [0.2, 0.25) is 0 Å². The summed E-state index contributed by atoms with van der Waals surface area (Å²) in [5, 5.41) is 13.8. The number of hydrogen-bond acceptors (Lipinski definition) is 3. The van der Waals surface area contributed by atoms with Crippen molar-refractivity contribution < 1.29 is 9.90 Å². The van der Waals surface area contributed by atoms with E-state index in [2.05, 4.69) is 26.1 Å². The fraction of sp³-hybridized carbons (Fsp3) is 0.929. The van der Waals surface area contributed by atoms with Crippen molar-refractivity contribution >= 4 is 5.91 Å². The van der Waals surface area contributed by atoms with Crippen LogP contribution in [0.25, 0.3) is 0 Å². The fourth-order valence-electron chi connectivity index (χ4n) is 2.34. The second kappa shape index (κ2) is 4.82. The van der Waals surface area contributed by atoms with Gasteiger partial charge in [0.2, 0.25) is 5.91 Å². The zero-order valence-corrected chi connectivity index (χ0v) is 11.8. The number of aliphatic hydroxyl groups is 1. The van der Waals surface area contributed by atoms with Crippen LogP contribution in [0.3, 0.4) is 0 Å². The van der Waals surface area contributed by atoms with Gasteiger partial charge in [-0.2, -0.15) is 0 Å². The van der Waals surface area contributed by atoms with E-state index in [9.17, 15) is 9.90 Å². The molecule has 2 N–H and O–H groups in total. The van der Waals surface area contributed by atoms with Crippen molar-refractivity contribution in [1.82, 2.24) is 10.2 Å². The van der Waals surface area contributed by atoms with Crippen LogP contribution in [0, 0.1) is 5.92 Å². The Morgan fingerprint density at radius 2 is 1.89 bits per heavy atom. The largest absolute Gasteiger partial charge is 0.388 e. The molecule has 1 amide bonds. The van der Waals surface area contributed by atoms with Crippen molar-refractivity contribution in [1.29, 1.82) is 0 Å². The van der Waals surface area contributed by atoms with Gasteiger partial charge < -0.3 is 15.3 Å². The Labute approximate surface area is 110 Å². The summed E-state index contributed by atoms with van der Waals surface area (Å²) >= 11 is 0. The van der Waals surface area contributed by atoms with Gasteiger partial charge in [0.15, 0.2) is 0 Å². The van der Waals surface area contributed by atoms with E-state index in [4.69, 9.17) is 0 Å². The van der Waals surface area contributed by atoms with Crippen LogP contribution in [0.5, 0.6) is 0 Å². The highest BCUT2D eigenvalue weighted by atomic mass is 16.3. The Bertz CT molecular complexity index is 310. The average Bonchev–Trinajstić information content (AvgIpc) is 3.10. The summed E-state index contributed by atoms with van der Waals surface area (Å²) < 4.78 is 0. The summed E-state index contributed by atoms with van der Waals surface area (Å²) in [6.45, 7) is 8.32. The number of nitrogens with one attached hydrogen (secondary N) is 1. The van der Waals surface area contributed by atoms with Crippen molar-refractivity contribution in [2.45, 2.75) is 57.6 Å². The Kier molecular flexibility index (Phi) is 3.70. The number of β-amino-alcohol motifs (C(OH)–C–C–N with tert-alkyl or cyclic N) is 1. The predicted octanol–water partition coefficient (Wildman–Crippen LogP) is 1.14. The smallest absolute Gasteiger partial charge is 0.225 e. The lowest BCUT2D eigenvalue weighted by molar-refractivity contribution is -0.136. The molecule has 104 valence electrons. The molecular formula is C14H26N2O2. The van der Waals surface area contributed by atoms with Gasteiger partial charge in [-0.15, -0.1) is 0 Å². The quantitative estimate of drug-likeness (QED) is 0.794.